The number of nitrogens with two attached hydrogens (primary N) is 1. The van der Waals surface area contributed by atoms with Gasteiger partial charge in [-0.2, -0.15) is 0 Å². The van der Waals surface area contributed by atoms with Crippen LogP contribution in [0.15, 0.2) is 57.6 Å². The number of benzene rings is 1. The van der Waals surface area contributed by atoms with Crippen molar-refractivity contribution in [2.75, 3.05) is 5.32 Å². The average molecular weight is 373 g/mol. The van der Waals surface area contributed by atoms with E-state index in [0.717, 1.165) is 5.56 Å². The number of hydrogen-bond acceptors (Lipinski definition) is 6. The van der Waals surface area contributed by atoms with Crippen molar-refractivity contribution >= 4 is 39.9 Å². The molecule has 1 aromatic carbocycles. The minimum atomic E-state index is -0.572. The van der Waals surface area contributed by atoms with Crippen molar-refractivity contribution in [2.24, 2.45) is 5.73 Å². The molecule has 0 fully saturated rings. The Labute approximate surface area is 152 Å². The van der Waals surface area contributed by atoms with Crippen LogP contribution in [0, 0.1) is 0 Å². The molecule has 0 spiro atoms. The number of thiophene rings is 1. The number of aromatic nitrogens is 1. The summed E-state index contributed by atoms with van der Waals surface area (Å²) in [7, 11) is 0. The van der Waals surface area contributed by atoms with Crippen LogP contribution in [0.4, 0.5) is 5.00 Å². The number of oxazole rings is 1. The van der Waals surface area contributed by atoms with Crippen molar-refractivity contribution in [1.29, 1.82) is 0 Å². The number of nitrogens with zero attached hydrogens (tertiary/aromatic N) is 1. The summed E-state index contributed by atoms with van der Waals surface area (Å²) >= 11 is 2.45. The Morgan fingerprint density at radius 2 is 2.04 bits per heavy atom. The molecule has 2 aromatic heterocycles. The molecule has 0 bridgehead atoms. The van der Waals surface area contributed by atoms with Gasteiger partial charge in [0.2, 0.25) is 5.91 Å². The van der Waals surface area contributed by atoms with Gasteiger partial charge in [0.15, 0.2) is 5.76 Å². The van der Waals surface area contributed by atoms with Crippen LogP contribution in [0.3, 0.4) is 0 Å². The van der Waals surface area contributed by atoms with E-state index in [4.69, 9.17) is 10.2 Å². The number of nitrogens with one attached hydrogen (secondary N) is 1. The van der Waals surface area contributed by atoms with Gasteiger partial charge in [0, 0.05) is 5.56 Å². The van der Waals surface area contributed by atoms with Crippen LogP contribution in [0.1, 0.15) is 17.3 Å². The lowest BCUT2D eigenvalue weighted by molar-refractivity contribution is -0.115. The highest BCUT2D eigenvalue weighted by Gasteiger charge is 2.20. The first-order valence-corrected chi connectivity index (χ1v) is 9.16. The van der Waals surface area contributed by atoms with Gasteiger partial charge in [-0.3, -0.25) is 9.59 Å². The van der Waals surface area contributed by atoms with Crippen LogP contribution in [-0.4, -0.2) is 22.0 Å². The Bertz CT molecular complexity index is 889. The van der Waals surface area contributed by atoms with Gasteiger partial charge in [-0.1, -0.05) is 42.1 Å². The predicted molar refractivity (Wildman–Crippen MR) is 98.7 cm³/mol. The lowest BCUT2D eigenvalue weighted by Crippen LogP contribution is -2.23. The molecule has 128 valence electrons. The summed E-state index contributed by atoms with van der Waals surface area (Å²) in [5.41, 5.74) is 6.50. The molecule has 0 aliphatic heterocycles. The number of carbonyl (C=O) groups is 2. The lowest BCUT2D eigenvalue weighted by atomic mass is 10.2. The fraction of sp³-hybridized carbons (Fsp3) is 0.118. The molecule has 0 unspecified atom stereocenters. The van der Waals surface area contributed by atoms with E-state index in [2.05, 4.69) is 10.3 Å². The minimum absolute atomic E-state index is 0.255. The molecule has 0 radical (unpaired) electrons. The van der Waals surface area contributed by atoms with Gasteiger partial charge in [0.05, 0.1) is 17.0 Å². The van der Waals surface area contributed by atoms with Gasteiger partial charge < -0.3 is 15.5 Å². The van der Waals surface area contributed by atoms with Crippen LogP contribution in [-0.2, 0) is 4.79 Å². The van der Waals surface area contributed by atoms with Crippen molar-refractivity contribution in [1.82, 2.24) is 4.98 Å². The molecular formula is C17H15N3O3S2. The van der Waals surface area contributed by atoms with Crippen LogP contribution in [0.25, 0.3) is 11.3 Å². The molecule has 2 heterocycles. The average Bonchev–Trinajstić information content (AvgIpc) is 3.25. The van der Waals surface area contributed by atoms with Crippen molar-refractivity contribution in [2.45, 2.75) is 17.4 Å². The molecule has 3 aromatic rings. The first-order chi connectivity index (χ1) is 12.0. The van der Waals surface area contributed by atoms with Gasteiger partial charge in [-0.05, 0) is 18.4 Å². The zero-order chi connectivity index (χ0) is 17.8. The fourth-order valence-corrected chi connectivity index (χ4v) is 3.58. The maximum Gasteiger partial charge on any atom is 0.256 e. The van der Waals surface area contributed by atoms with Crippen LogP contribution < -0.4 is 11.1 Å². The summed E-state index contributed by atoms with van der Waals surface area (Å²) in [6.07, 6.45) is 1.63. The summed E-state index contributed by atoms with van der Waals surface area (Å²) in [6.45, 7) is 1.74. The SMILES string of the molecule is C[C@@H](Sc1ncc(-c2ccccc2)o1)C(=O)Nc1sccc1C(N)=O. The van der Waals surface area contributed by atoms with E-state index < -0.39 is 11.2 Å². The summed E-state index contributed by atoms with van der Waals surface area (Å²) in [4.78, 5) is 27.8. The molecule has 0 saturated carbocycles. The van der Waals surface area contributed by atoms with E-state index in [9.17, 15) is 9.59 Å². The molecule has 0 aliphatic rings. The predicted octanol–water partition coefficient (Wildman–Crippen LogP) is 3.62. The Balaban J connectivity index is 1.65. The number of primary amides is 1. The van der Waals surface area contributed by atoms with Crippen molar-refractivity contribution in [3.63, 3.8) is 0 Å². The molecule has 25 heavy (non-hydrogen) atoms. The molecule has 0 aliphatic carbocycles. The van der Waals surface area contributed by atoms with Crippen LogP contribution in [0.5, 0.6) is 0 Å². The van der Waals surface area contributed by atoms with Gasteiger partial charge >= 0.3 is 0 Å². The van der Waals surface area contributed by atoms with Crippen LogP contribution in [0.2, 0.25) is 0 Å². The number of anilines is 1. The zero-order valence-electron chi connectivity index (χ0n) is 13.3. The third-order valence-corrected chi connectivity index (χ3v) is 5.14. The Hall–Kier alpha value is -2.58. The maximum atomic E-state index is 12.3. The van der Waals surface area contributed by atoms with Crippen molar-refractivity contribution < 1.29 is 14.0 Å². The fourth-order valence-electron chi connectivity index (χ4n) is 2.07. The molecule has 2 amide bonds. The van der Waals surface area contributed by atoms with E-state index >= 15 is 0 Å². The molecular weight excluding hydrogens is 358 g/mol. The summed E-state index contributed by atoms with van der Waals surface area (Å²) in [5.74, 6) is -0.184. The van der Waals surface area contributed by atoms with Gasteiger partial charge in [-0.25, -0.2) is 4.98 Å². The summed E-state index contributed by atoms with van der Waals surface area (Å²) in [6, 6.07) is 11.2. The van der Waals surface area contributed by atoms with Crippen molar-refractivity contribution in [3.8, 4) is 11.3 Å². The first kappa shape index (κ1) is 17.2. The second kappa shape index (κ2) is 7.54. The topological polar surface area (TPSA) is 98.2 Å². The van der Waals surface area contributed by atoms with E-state index in [0.29, 0.717) is 21.5 Å². The lowest BCUT2D eigenvalue weighted by Gasteiger charge is -2.09. The number of carbonyl (C=O) groups excluding carboxylic acids is 2. The largest absolute Gasteiger partial charge is 0.431 e. The highest BCUT2D eigenvalue weighted by molar-refractivity contribution is 8.00. The number of thioether (sulfide) groups is 1. The standard InChI is InChI=1S/C17H15N3O3S2/c1-10(15(22)20-16-12(14(18)21)7-8-24-16)25-17-19-9-13(23-17)11-5-3-2-4-6-11/h2-10H,1H3,(H2,18,21)(H,20,22)/t10-/m1/s1. The molecule has 8 heteroatoms. The Morgan fingerprint density at radius 1 is 1.28 bits per heavy atom. The van der Waals surface area contributed by atoms with E-state index in [-0.39, 0.29) is 5.91 Å². The maximum absolute atomic E-state index is 12.3. The van der Waals surface area contributed by atoms with E-state index in [1.54, 1.807) is 24.6 Å². The van der Waals surface area contributed by atoms with E-state index in [1.807, 2.05) is 30.3 Å². The van der Waals surface area contributed by atoms with Crippen LogP contribution >= 0.6 is 23.1 Å². The van der Waals surface area contributed by atoms with Gasteiger partial charge in [0.1, 0.15) is 5.00 Å². The second-order valence-electron chi connectivity index (χ2n) is 5.13. The molecule has 0 saturated heterocycles. The van der Waals surface area contributed by atoms with E-state index in [1.165, 1.54) is 23.1 Å². The van der Waals surface area contributed by atoms with Gasteiger partial charge in [0.25, 0.3) is 11.1 Å². The number of hydrogen-bond donors (Lipinski definition) is 2. The third kappa shape index (κ3) is 4.09. The quantitative estimate of drug-likeness (QED) is 0.643. The second-order valence-corrected chi connectivity index (χ2v) is 7.34. The van der Waals surface area contributed by atoms with Gasteiger partial charge in [-0.15, -0.1) is 11.3 Å². The number of rotatable bonds is 6. The normalized spacial score (nSPS) is 11.9. The third-order valence-electron chi connectivity index (χ3n) is 3.36. The Morgan fingerprint density at radius 3 is 2.76 bits per heavy atom. The minimum Gasteiger partial charge on any atom is -0.431 e. The summed E-state index contributed by atoms with van der Waals surface area (Å²) < 4.78 is 5.69. The monoisotopic (exact) mass is 373 g/mol. The van der Waals surface area contributed by atoms with Crippen molar-refractivity contribution in [3.05, 3.63) is 53.5 Å². The zero-order valence-corrected chi connectivity index (χ0v) is 14.9. The highest BCUT2D eigenvalue weighted by Crippen LogP contribution is 2.29. The summed E-state index contributed by atoms with van der Waals surface area (Å²) in [5, 5.41) is 4.82. The highest BCUT2D eigenvalue weighted by atomic mass is 32.2. The molecule has 1 atom stereocenters. The first-order valence-electron chi connectivity index (χ1n) is 7.40. The molecule has 3 N–H and O–H groups in total. The molecule has 6 nitrogen and oxygen atoms in total. The Kier molecular flexibility index (Phi) is 5.20. The molecule has 3 rings (SSSR count). The number of amides is 2. The smallest absolute Gasteiger partial charge is 0.256 e.